The van der Waals surface area contributed by atoms with Crippen LogP contribution in [0.15, 0.2) is 60.7 Å². The van der Waals surface area contributed by atoms with E-state index in [9.17, 15) is 9.59 Å². The van der Waals surface area contributed by atoms with Gasteiger partial charge >= 0.3 is 5.97 Å². The zero-order valence-corrected chi connectivity index (χ0v) is 17.6. The molecule has 0 aliphatic rings. The number of carbonyl (C=O) groups is 2. The van der Waals surface area contributed by atoms with E-state index >= 15 is 0 Å². The minimum absolute atomic E-state index is 0.0683. The van der Waals surface area contributed by atoms with Gasteiger partial charge in [-0.25, -0.2) is 4.79 Å². The minimum Gasteiger partial charge on any atom is -0.497 e. The van der Waals surface area contributed by atoms with Crippen molar-refractivity contribution in [3.8, 4) is 11.4 Å². The number of carbonyl (C=O) groups excluding carboxylic acids is 2. The SMILES string of the molecule is CCOC(=O)c1ccc(-n2c(C)cc(/C=C/C(=O)c3ccc(OC)cc3)c2C)cc1. The van der Waals surface area contributed by atoms with Crippen LogP contribution in [0.4, 0.5) is 0 Å². The van der Waals surface area contributed by atoms with Gasteiger partial charge in [0.05, 0.1) is 19.3 Å². The smallest absolute Gasteiger partial charge is 0.338 e. The molecule has 0 bridgehead atoms. The highest BCUT2D eigenvalue weighted by Crippen LogP contribution is 2.23. The predicted molar refractivity (Wildman–Crippen MR) is 118 cm³/mol. The summed E-state index contributed by atoms with van der Waals surface area (Å²) in [4.78, 5) is 24.3. The van der Waals surface area contributed by atoms with E-state index in [0.717, 1.165) is 22.6 Å². The Bertz CT molecular complexity index is 1070. The van der Waals surface area contributed by atoms with Crippen molar-refractivity contribution in [3.05, 3.63) is 88.8 Å². The predicted octanol–water partition coefficient (Wildman–Crippen LogP) is 5.18. The molecule has 2 aromatic carbocycles. The Morgan fingerprint density at radius 1 is 0.967 bits per heavy atom. The average Bonchev–Trinajstić information content (AvgIpc) is 3.05. The maximum Gasteiger partial charge on any atom is 0.338 e. The van der Waals surface area contributed by atoms with E-state index in [2.05, 4.69) is 4.57 Å². The van der Waals surface area contributed by atoms with Gasteiger partial charge in [-0.2, -0.15) is 0 Å². The third kappa shape index (κ3) is 4.51. The Morgan fingerprint density at radius 2 is 1.60 bits per heavy atom. The molecule has 30 heavy (non-hydrogen) atoms. The average molecular weight is 403 g/mol. The number of rotatable bonds is 7. The van der Waals surface area contributed by atoms with Crippen LogP contribution in [0.1, 0.15) is 44.6 Å². The molecule has 3 rings (SSSR count). The number of aryl methyl sites for hydroxylation is 1. The standard InChI is InChI=1S/C25H25NO4/c1-5-30-25(28)20-6-11-22(12-7-20)26-17(2)16-21(18(26)3)10-15-24(27)19-8-13-23(29-4)14-9-19/h6-16H,5H2,1-4H3/b15-10+. The molecule has 154 valence electrons. The monoisotopic (exact) mass is 403 g/mol. The van der Waals surface area contributed by atoms with Crippen molar-refractivity contribution in [2.45, 2.75) is 20.8 Å². The molecule has 0 spiro atoms. The van der Waals surface area contributed by atoms with Crippen LogP contribution in [-0.4, -0.2) is 30.0 Å². The lowest BCUT2D eigenvalue weighted by Crippen LogP contribution is -2.05. The Hall–Kier alpha value is -3.60. The van der Waals surface area contributed by atoms with Crippen LogP contribution in [0.25, 0.3) is 11.8 Å². The molecule has 3 aromatic rings. The largest absolute Gasteiger partial charge is 0.497 e. The van der Waals surface area contributed by atoms with E-state index in [4.69, 9.17) is 9.47 Å². The first kappa shape index (κ1) is 21.1. The van der Waals surface area contributed by atoms with Crippen LogP contribution in [-0.2, 0) is 4.74 Å². The van der Waals surface area contributed by atoms with Gasteiger partial charge in [-0.1, -0.05) is 0 Å². The molecule has 0 aliphatic carbocycles. The Balaban J connectivity index is 1.82. The molecule has 0 unspecified atom stereocenters. The summed E-state index contributed by atoms with van der Waals surface area (Å²) in [6.07, 6.45) is 3.41. The number of ketones is 1. The fraction of sp³-hybridized carbons (Fsp3) is 0.200. The summed E-state index contributed by atoms with van der Waals surface area (Å²) in [6, 6.07) is 16.4. The third-order valence-corrected chi connectivity index (χ3v) is 4.90. The molecular weight excluding hydrogens is 378 g/mol. The van der Waals surface area contributed by atoms with E-state index in [1.54, 1.807) is 56.5 Å². The van der Waals surface area contributed by atoms with E-state index in [0.29, 0.717) is 23.5 Å². The number of benzene rings is 2. The second-order valence-electron chi connectivity index (χ2n) is 6.86. The maximum atomic E-state index is 12.5. The summed E-state index contributed by atoms with van der Waals surface area (Å²) in [6.45, 7) is 6.15. The van der Waals surface area contributed by atoms with Crippen molar-refractivity contribution < 1.29 is 19.1 Å². The quantitative estimate of drug-likeness (QED) is 0.310. The number of nitrogens with zero attached hydrogens (tertiary/aromatic N) is 1. The highest BCUT2D eigenvalue weighted by molar-refractivity contribution is 6.06. The molecule has 0 amide bonds. The lowest BCUT2D eigenvalue weighted by molar-refractivity contribution is 0.0526. The van der Waals surface area contributed by atoms with Crippen molar-refractivity contribution >= 4 is 17.8 Å². The van der Waals surface area contributed by atoms with Gasteiger partial charge in [0.2, 0.25) is 0 Å². The van der Waals surface area contributed by atoms with Crippen molar-refractivity contribution in [2.24, 2.45) is 0 Å². The molecule has 0 saturated carbocycles. The summed E-state index contributed by atoms with van der Waals surface area (Å²) < 4.78 is 12.3. The first-order valence-electron chi connectivity index (χ1n) is 9.77. The molecule has 0 saturated heterocycles. The Labute approximate surface area is 176 Å². The van der Waals surface area contributed by atoms with Gasteiger partial charge in [0.1, 0.15) is 5.75 Å². The van der Waals surface area contributed by atoms with Crippen LogP contribution in [0, 0.1) is 13.8 Å². The number of ether oxygens (including phenoxy) is 2. The van der Waals surface area contributed by atoms with Crippen molar-refractivity contribution in [2.75, 3.05) is 13.7 Å². The van der Waals surface area contributed by atoms with Crippen molar-refractivity contribution in [1.29, 1.82) is 0 Å². The van der Waals surface area contributed by atoms with Crippen LogP contribution in [0.3, 0.4) is 0 Å². The summed E-state index contributed by atoms with van der Waals surface area (Å²) in [5.74, 6) is 0.319. The lowest BCUT2D eigenvalue weighted by atomic mass is 10.1. The zero-order valence-electron chi connectivity index (χ0n) is 17.6. The topological polar surface area (TPSA) is 57.5 Å². The zero-order chi connectivity index (χ0) is 21.7. The minimum atomic E-state index is -0.328. The number of esters is 1. The molecule has 0 fully saturated rings. The fourth-order valence-electron chi connectivity index (χ4n) is 3.33. The lowest BCUT2D eigenvalue weighted by Gasteiger charge is -2.10. The molecule has 1 aromatic heterocycles. The highest BCUT2D eigenvalue weighted by Gasteiger charge is 2.11. The Kier molecular flexibility index (Phi) is 6.52. The number of aromatic nitrogens is 1. The van der Waals surface area contributed by atoms with Gasteiger partial charge in [0.25, 0.3) is 0 Å². The highest BCUT2D eigenvalue weighted by atomic mass is 16.5. The molecule has 5 heteroatoms. The van der Waals surface area contributed by atoms with Crippen molar-refractivity contribution in [3.63, 3.8) is 0 Å². The number of hydrogen-bond donors (Lipinski definition) is 0. The molecule has 0 N–H and O–H groups in total. The molecule has 1 heterocycles. The first-order chi connectivity index (χ1) is 14.4. The second kappa shape index (κ2) is 9.27. The third-order valence-electron chi connectivity index (χ3n) is 4.90. The molecule has 0 radical (unpaired) electrons. The normalized spacial score (nSPS) is 10.9. The second-order valence-corrected chi connectivity index (χ2v) is 6.86. The summed E-state index contributed by atoms with van der Waals surface area (Å²) >= 11 is 0. The van der Waals surface area contributed by atoms with Crippen LogP contribution in [0.5, 0.6) is 5.75 Å². The summed E-state index contributed by atoms with van der Waals surface area (Å²) in [5.41, 5.74) is 5.08. The molecular formula is C25H25NO4. The van der Waals surface area contributed by atoms with Gasteiger partial charge in [-0.05, 0) is 93.1 Å². The van der Waals surface area contributed by atoms with Gasteiger partial charge < -0.3 is 14.0 Å². The van der Waals surface area contributed by atoms with Crippen LogP contribution in [0.2, 0.25) is 0 Å². The number of allylic oxidation sites excluding steroid dienone is 1. The van der Waals surface area contributed by atoms with E-state index in [1.165, 1.54) is 0 Å². The molecule has 5 nitrogen and oxygen atoms in total. The molecule has 0 aliphatic heterocycles. The van der Waals surface area contributed by atoms with Crippen LogP contribution >= 0.6 is 0 Å². The van der Waals surface area contributed by atoms with E-state index < -0.39 is 0 Å². The van der Waals surface area contributed by atoms with Gasteiger partial charge in [0, 0.05) is 22.6 Å². The van der Waals surface area contributed by atoms with Gasteiger partial charge in [-0.3, -0.25) is 4.79 Å². The summed E-state index contributed by atoms with van der Waals surface area (Å²) in [5, 5.41) is 0. The molecule has 0 atom stereocenters. The van der Waals surface area contributed by atoms with Gasteiger partial charge in [0.15, 0.2) is 5.78 Å². The van der Waals surface area contributed by atoms with Crippen molar-refractivity contribution in [1.82, 2.24) is 4.57 Å². The van der Waals surface area contributed by atoms with E-state index in [1.807, 2.05) is 38.1 Å². The summed E-state index contributed by atoms with van der Waals surface area (Å²) in [7, 11) is 1.59. The fourth-order valence-corrected chi connectivity index (χ4v) is 3.33. The Morgan fingerprint density at radius 3 is 2.20 bits per heavy atom. The maximum absolute atomic E-state index is 12.5. The number of methoxy groups -OCH3 is 1. The van der Waals surface area contributed by atoms with E-state index in [-0.39, 0.29) is 11.8 Å². The first-order valence-corrected chi connectivity index (χ1v) is 9.77. The van der Waals surface area contributed by atoms with Gasteiger partial charge in [-0.15, -0.1) is 0 Å². The van der Waals surface area contributed by atoms with Crippen LogP contribution < -0.4 is 4.74 Å². The number of hydrogen-bond acceptors (Lipinski definition) is 4.